The number of aromatic nitrogens is 1. The molecule has 160 valence electrons. The number of nitrogens with one attached hydrogen (secondary N) is 2. The van der Waals surface area contributed by atoms with E-state index in [1.807, 2.05) is 44.2 Å². The fraction of sp³-hybridized carbons (Fsp3) is 0.545. The summed E-state index contributed by atoms with van der Waals surface area (Å²) in [6.07, 6.45) is 1.42. The number of hydrogen-bond donors (Lipinski definition) is 3. The van der Waals surface area contributed by atoms with Gasteiger partial charge >= 0.3 is 0 Å². The van der Waals surface area contributed by atoms with Gasteiger partial charge in [-0.2, -0.15) is 0 Å². The van der Waals surface area contributed by atoms with Crippen molar-refractivity contribution in [1.82, 2.24) is 15.8 Å². The maximum absolute atomic E-state index is 10.2. The molecular formula is C22H34N4O3. The van der Waals surface area contributed by atoms with Crippen molar-refractivity contribution in [2.24, 2.45) is 4.99 Å². The van der Waals surface area contributed by atoms with Gasteiger partial charge in [-0.05, 0) is 44.4 Å². The summed E-state index contributed by atoms with van der Waals surface area (Å²) in [5.41, 5.74) is 2.11. The highest BCUT2D eigenvalue weighted by molar-refractivity contribution is 5.79. The van der Waals surface area contributed by atoms with Crippen LogP contribution < -0.4 is 15.4 Å². The zero-order valence-electron chi connectivity index (χ0n) is 17.9. The summed E-state index contributed by atoms with van der Waals surface area (Å²) in [5, 5.41) is 20.7. The molecule has 0 amide bonds. The van der Waals surface area contributed by atoms with Crippen LogP contribution in [0.1, 0.15) is 56.5 Å². The predicted molar refractivity (Wildman–Crippen MR) is 115 cm³/mol. The molecule has 2 aromatic rings. The Morgan fingerprint density at radius 3 is 2.69 bits per heavy atom. The molecule has 1 heterocycles. The summed E-state index contributed by atoms with van der Waals surface area (Å²) < 4.78 is 11.1. The zero-order valence-corrected chi connectivity index (χ0v) is 17.9. The molecule has 0 aliphatic rings. The second-order valence-corrected chi connectivity index (χ2v) is 7.09. The van der Waals surface area contributed by atoms with Gasteiger partial charge in [0.25, 0.3) is 0 Å². The Hall–Kier alpha value is -2.54. The van der Waals surface area contributed by atoms with Crippen LogP contribution in [0.5, 0.6) is 5.75 Å². The average molecular weight is 403 g/mol. The molecule has 0 bridgehead atoms. The Morgan fingerprint density at radius 2 is 2.00 bits per heavy atom. The number of aryl methyl sites for hydroxylation is 1. The fourth-order valence-corrected chi connectivity index (χ4v) is 2.97. The van der Waals surface area contributed by atoms with Crippen LogP contribution in [0.2, 0.25) is 0 Å². The van der Waals surface area contributed by atoms with E-state index < -0.39 is 6.10 Å². The van der Waals surface area contributed by atoms with Crippen molar-refractivity contribution in [3.05, 3.63) is 47.3 Å². The molecule has 0 saturated carbocycles. The summed E-state index contributed by atoms with van der Waals surface area (Å²) in [4.78, 5) is 4.52. The largest absolute Gasteiger partial charge is 0.491 e. The van der Waals surface area contributed by atoms with Gasteiger partial charge in [0.05, 0.1) is 5.69 Å². The summed E-state index contributed by atoms with van der Waals surface area (Å²) in [6.45, 7) is 9.95. The van der Waals surface area contributed by atoms with E-state index >= 15 is 0 Å². The van der Waals surface area contributed by atoms with Gasteiger partial charge in [-0.25, -0.2) is 4.99 Å². The third kappa shape index (κ3) is 7.77. The van der Waals surface area contributed by atoms with Crippen LogP contribution in [0, 0.1) is 6.92 Å². The summed E-state index contributed by atoms with van der Waals surface area (Å²) in [5.74, 6) is 2.52. The van der Waals surface area contributed by atoms with Gasteiger partial charge in [0, 0.05) is 25.1 Å². The SMILES string of the molecule is CCNC(=NCc1cc(C(CC)CC)no1)NCC(O)COc1cccc(C)c1. The van der Waals surface area contributed by atoms with Gasteiger partial charge in [0.2, 0.25) is 0 Å². The molecule has 29 heavy (non-hydrogen) atoms. The van der Waals surface area contributed by atoms with Gasteiger partial charge in [-0.1, -0.05) is 31.1 Å². The smallest absolute Gasteiger partial charge is 0.191 e. The van der Waals surface area contributed by atoms with E-state index in [0.29, 0.717) is 25.0 Å². The Labute approximate surface area is 173 Å². The number of ether oxygens (including phenoxy) is 1. The van der Waals surface area contributed by atoms with Crippen molar-refractivity contribution in [3.8, 4) is 5.75 Å². The normalized spacial score (nSPS) is 12.8. The number of rotatable bonds is 11. The predicted octanol–water partition coefficient (Wildman–Crippen LogP) is 3.38. The maximum atomic E-state index is 10.2. The van der Waals surface area contributed by atoms with Gasteiger partial charge in [-0.3, -0.25) is 0 Å². The van der Waals surface area contributed by atoms with E-state index in [2.05, 4.69) is 34.6 Å². The lowest BCUT2D eigenvalue weighted by Gasteiger charge is -2.16. The van der Waals surface area contributed by atoms with Gasteiger partial charge in [0.15, 0.2) is 11.7 Å². The first kappa shape index (κ1) is 22.7. The number of aliphatic hydroxyl groups excluding tert-OH is 1. The highest BCUT2D eigenvalue weighted by atomic mass is 16.5. The van der Waals surface area contributed by atoms with Crippen LogP contribution in [-0.4, -0.2) is 42.0 Å². The van der Waals surface area contributed by atoms with E-state index in [4.69, 9.17) is 9.26 Å². The first-order valence-corrected chi connectivity index (χ1v) is 10.4. The standard InChI is InChI=1S/C22H34N4O3/c1-5-17(6-2)21-12-20(29-26-21)14-25-22(23-7-3)24-13-18(27)15-28-19-10-8-9-16(4)11-19/h8-12,17-18,27H,5-7,13-15H2,1-4H3,(H2,23,24,25). The van der Waals surface area contributed by atoms with Gasteiger partial charge in [-0.15, -0.1) is 0 Å². The Morgan fingerprint density at radius 1 is 1.21 bits per heavy atom. The molecule has 0 radical (unpaired) electrons. The second kappa shape index (κ2) is 12.1. The molecule has 1 unspecified atom stereocenters. The molecule has 7 nitrogen and oxygen atoms in total. The van der Waals surface area contributed by atoms with Crippen LogP contribution in [0.15, 0.2) is 39.8 Å². The molecule has 0 fully saturated rings. The second-order valence-electron chi connectivity index (χ2n) is 7.09. The van der Waals surface area contributed by atoms with Crippen LogP contribution in [-0.2, 0) is 6.54 Å². The monoisotopic (exact) mass is 402 g/mol. The Bertz CT molecular complexity index is 756. The highest BCUT2D eigenvalue weighted by Gasteiger charge is 2.13. The first-order chi connectivity index (χ1) is 14.0. The topological polar surface area (TPSA) is 91.9 Å². The molecule has 1 aromatic carbocycles. The van der Waals surface area contributed by atoms with Crippen molar-refractivity contribution in [2.75, 3.05) is 19.7 Å². The first-order valence-electron chi connectivity index (χ1n) is 10.4. The lowest BCUT2D eigenvalue weighted by molar-refractivity contribution is 0.110. The molecule has 3 N–H and O–H groups in total. The number of aliphatic imine (C=N–C) groups is 1. The third-order valence-corrected chi connectivity index (χ3v) is 4.66. The third-order valence-electron chi connectivity index (χ3n) is 4.66. The van der Waals surface area contributed by atoms with Crippen LogP contribution in [0.25, 0.3) is 0 Å². The van der Waals surface area contributed by atoms with E-state index in [9.17, 15) is 5.11 Å². The molecule has 2 rings (SSSR count). The molecule has 0 aliphatic carbocycles. The van der Waals surface area contributed by atoms with Crippen molar-refractivity contribution in [3.63, 3.8) is 0 Å². The minimum atomic E-state index is -0.661. The molecule has 0 spiro atoms. The lowest BCUT2D eigenvalue weighted by Crippen LogP contribution is -2.42. The van der Waals surface area contributed by atoms with Crippen molar-refractivity contribution in [2.45, 2.75) is 59.1 Å². The minimum Gasteiger partial charge on any atom is -0.491 e. The lowest BCUT2D eigenvalue weighted by atomic mass is 9.99. The van der Waals surface area contributed by atoms with Crippen LogP contribution in [0.4, 0.5) is 0 Å². The molecule has 0 saturated heterocycles. The fourth-order valence-electron chi connectivity index (χ4n) is 2.97. The van der Waals surface area contributed by atoms with Gasteiger partial charge < -0.3 is 25.0 Å². The highest BCUT2D eigenvalue weighted by Crippen LogP contribution is 2.22. The molecule has 7 heteroatoms. The number of guanidine groups is 1. The Balaban J connectivity index is 1.83. The molecule has 1 aromatic heterocycles. The molecular weight excluding hydrogens is 368 g/mol. The van der Waals surface area contributed by atoms with Crippen molar-refractivity contribution >= 4 is 5.96 Å². The summed E-state index contributed by atoms with van der Waals surface area (Å²) in [7, 11) is 0. The molecule has 0 aliphatic heterocycles. The quantitative estimate of drug-likeness (QED) is 0.394. The van der Waals surface area contributed by atoms with E-state index in [0.717, 1.165) is 42.2 Å². The van der Waals surface area contributed by atoms with E-state index in [1.54, 1.807) is 0 Å². The number of benzene rings is 1. The minimum absolute atomic E-state index is 0.205. The summed E-state index contributed by atoms with van der Waals surface area (Å²) >= 11 is 0. The molecule has 1 atom stereocenters. The van der Waals surface area contributed by atoms with E-state index in [-0.39, 0.29) is 6.61 Å². The maximum Gasteiger partial charge on any atom is 0.191 e. The number of nitrogens with zero attached hydrogens (tertiary/aromatic N) is 2. The van der Waals surface area contributed by atoms with Crippen molar-refractivity contribution in [1.29, 1.82) is 0 Å². The van der Waals surface area contributed by atoms with E-state index in [1.165, 1.54) is 0 Å². The number of hydrogen-bond acceptors (Lipinski definition) is 5. The van der Waals surface area contributed by atoms with Crippen LogP contribution in [0.3, 0.4) is 0 Å². The zero-order chi connectivity index (χ0) is 21.1. The number of aliphatic hydroxyl groups is 1. The average Bonchev–Trinajstić information content (AvgIpc) is 3.18. The van der Waals surface area contributed by atoms with Crippen molar-refractivity contribution < 1.29 is 14.4 Å². The summed E-state index contributed by atoms with van der Waals surface area (Å²) in [6, 6.07) is 9.75. The Kier molecular flexibility index (Phi) is 9.50. The van der Waals surface area contributed by atoms with Crippen LogP contribution >= 0.6 is 0 Å². The van der Waals surface area contributed by atoms with Gasteiger partial charge in [0.1, 0.15) is 25.0 Å².